The standard InChI is InChI=1S/C26H29BrClNO4/c1-4-32-25-15-19(13-21(27)26(25)33-17-20-7-5-6-8-22(20)28)16-29-12-11-18-9-10-23(30-2)24(14-18)31-3/h5-10,13-15,29H,4,11-12,16-17H2,1-3H3. The van der Waals surface area contributed by atoms with Gasteiger partial charge in [0.05, 0.1) is 25.3 Å². The summed E-state index contributed by atoms with van der Waals surface area (Å²) >= 11 is 9.90. The van der Waals surface area contributed by atoms with Crippen molar-refractivity contribution in [1.29, 1.82) is 0 Å². The van der Waals surface area contributed by atoms with Crippen LogP contribution in [-0.2, 0) is 19.6 Å². The molecule has 0 amide bonds. The number of nitrogens with one attached hydrogen (secondary N) is 1. The predicted molar refractivity (Wildman–Crippen MR) is 136 cm³/mol. The van der Waals surface area contributed by atoms with Crippen LogP contribution in [0.15, 0.2) is 59.1 Å². The summed E-state index contributed by atoms with van der Waals surface area (Å²) in [5.41, 5.74) is 3.21. The van der Waals surface area contributed by atoms with Gasteiger partial charge in [-0.3, -0.25) is 0 Å². The van der Waals surface area contributed by atoms with Crippen LogP contribution in [0, 0.1) is 0 Å². The maximum absolute atomic E-state index is 6.26. The van der Waals surface area contributed by atoms with Crippen LogP contribution in [-0.4, -0.2) is 27.4 Å². The number of rotatable bonds is 12. The summed E-state index contributed by atoms with van der Waals surface area (Å²) in [4.78, 5) is 0. The van der Waals surface area contributed by atoms with Crippen LogP contribution < -0.4 is 24.3 Å². The van der Waals surface area contributed by atoms with Gasteiger partial charge in [-0.25, -0.2) is 0 Å². The molecule has 0 aliphatic carbocycles. The highest BCUT2D eigenvalue weighted by Gasteiger charge is 2.13. The molecule has 1 N–H and O–H groups in total. The molecular weight excluding hydrogens is 506 g/mol. The first-order valence-corrected chi connectivity index (χ1v) is 12.0. The van der Waals surface area contributed by atoms with E-state index in [0.29, 0.717) is 36.3 Å². The Hall–Kier alpha value is -2.41. The van der Waals surface area contributed by atoms with Crippen molar-refractivity contribution in [3.05, 3.63) is 80.8 Å². The summed E-state index contributed by atoms with van der Waals surface area (Å²) in [6.45, 7) is 4.39. The molecular formula is C26H29BrClNO4. The van der Waals surface area contributed by atoms with Gasteiger partial charge in [0.15, 0.2) is 23.0 Å². The summed E-state index contributed by atoms with van der Waals surface area (Å²) in [5, 5.41) is 4.17. The summed E-state index contributed by atoms with van der Waals surface area (Å²) < 4.78 is 23.5. The quantitative estimate of drug-likeness (QED) is 0.271. The van der Waals surface area contributed by atoms with Gasteiger partial charge in [0, 0.05) is 17.1 Å². The third-order valence-electron chi connectivity index (χ3n) is 5.07. The second-order valence-corrected chi connectivity index (χ2v) is 8.60. The molecule has 0 fully saturated rings. The van der Waals surface area contributed by atoms with Crippen molar-refractivity contribution in [3.8, 4) is 23.0 Å². The Morgan fingerprint density at radius 1 is 0.879 bits per heavy atom. The minimum atomic E-state index is 0.362. The number of benzene rings is 3. The van der Waals surface area contributed by atoms with E-state index < -0.39 is 0 Å². The van der Waals surface area contributed by atoms with Crippen LogP contribution in [0.2, 0.25) is 5.02 Å². The van der Waals surface area contributed by atoms with Gasteiger partial charge < -0.3 is 24.3 Å². The molecule has 0 saturated carbocycles. The van der Waals surface area contributed by atoms with E-state index >= 15 is 0 Å². The van der Waals surface area contributed by atoms with Gasteiger partial charge in [-0.15, -0.1) is 0 Å². The number of halogens is 2. The molecule has 3 aromatic rings. The second kappa shape index (κ2) is 12.7. The molecule has 0 bridgehead atoms. The lowest BCUT2D eigenvalue weighted by molar-refractivity contribution is 0.267. The average molecular weight is 535 g/mol. The fraction of sp³-hybridized carbons (Fsp3) is 0.308. The smallest absolute Gasteiger partial charge is 0.175 e. The van der Waals surface area contributed by atoms with E-state index in [1.54, 1.807) is 14.2 Å². The minimum absolute atomic E-state index is 0.362. The highest BCUT2D eigenvalue weighted by molar-refractivity contribution is 9.10. The molecule has 0 atom stereocenters. The van der Waals surface area contributed by atoms with Crippen LogP contribution in [0.3, 0.4) is 0 Å². The van der Waals surface area contributed by atoms with Crippen LogP contribution in [0.1, 0.15) is 23.6 Å². The number of methoxy groups -OCH3 is 2. The lowest BCUT2D eigenvalue weighted by Gasteiger charge is -2.16. The van der Waals surface area contributed by atoms with Crippen LogP contribution in [0.5, 0.6) is 23.0 Å². The van der Waals surface area contributed by atoms with Crippen molar-refractivity contribution in [3.63, 3.8) is 0 Å². The van der Waals surface area contributed by atoms with Crippen molar-refractivity contribution in [2.45, 2.75) is 26.5 Å². The van der Waals surface area contributed by atoms with E-state index in [1.165, 1.54) is 5.56 Å². The zero-order valence-corrected chi connectivity index (χ0v) is 21.5. The number of hydrogen-bond acceptors (Lipinski definition) is 5. The molecule has 3 rings (SSSR count). The Labute approximate surface area is 209 Å². The van der Waals surface area contributed by atoms with E-state index in [9.17, 15) is 0 Å². The van der Waals surface area contributed by atoms with Crippen LogP contribution in [0.25, 0.3) is 0 Å². The van der Waals surface area contributed by atoms with E-state index in [1.807, 2.05) is 55.5 Å². The molecule has 0 saturated heterocycles. The first-order valence-electron chi connectivity index (χ1n) is 10.8. The van der Waals surface area contributed by atoms with Crippen molar-refractivity contribution in [2.75, 3.05) is 27.4 Å². The fourth-order valence-electron chi connectivity index (χ4n) is 3.39. The van der Waals surface area contributed by atoms with E-state index in [4.69, 9.17) is 30.5 Å². The monoisotopic (exact) mass is 533 g/mol. The molecule has 0 spiro atoms. The normalized spacial score (nSPS) is 10.7. The highest BCUT2D eigenvalue weighted by Crippen LogP contribution is 2.38. The van der Waals surface area contributed by atoms with Crippen LogP contribution in [0.4, 0.5) is 0 Å². The molecule has 0 heterocycles. The van der Waals surface area contributed by atoms with Gasteiger partial charge in [0.1, 0.15) is 6.61 Å². The minimum Gasteiger partial charge on any atom is -0.493 e. The van der Waals surface area contributed by atoms with Gasteiger partial charge in [-0.05, 0) is 77.3 Å². The predicted octanol–water partition coefficient (Wildman–Crippen LogP) is 6.43. The Morgan fingerprint density at radius 3 is 2.36 bits per heavy atom. The van der Waals surface area contributed by atoms with Crippen molar-refractivity contribution in [1.82, 2.24) is 5.32 Å². The Morgan fingerprint density at radius 2 is 1.64 bits per heavy atom. The third kappa shape index (κ3) is 7.03. The maximum atomic E-state index is 6.26. The largest absolute Gasteiger partial charge is 0.493 e. The first-order chi connectivity index (χ1) is 16.0. The molecule has 7 heteroatoms. The third-order valence-corrected chi connectivity index (χ3v) is 6.02. The van der Waals surface area contributed by atoms with Crippen molar-refractivity contribution >= 4 is 27.5 Å². The average Bonchev–Trinajstić information content (AvgIpc) is 2.82. The molecule has 0 aliphatic heterocycles. The lowest BCUT2D eigenvalue weighted by atomic mass is 10.1. The van der Waals surface area contributed by atoms with Crippen molar-refractivity contribution < 1.29 is 18.9 Å². The lowest BCUT2D eigenvalue weighted by Crippen LogP contribution is -2.17. The van der Waals surface area contributed by atoms with Gasteiger partial charge in [-0.2, -0.15) is 0 Å². The van der Waals surface area contributed by atoms with Gasteiger partial charge >= 0.3 is 0 Å². The summed E-state index contributed by atoms with van der Waals surface area (Å²) in [6.07, 6.45) is 0.874. The zero-order chi connectivity index (χ0) is 23.6. The number of hydrogen-bond donors (Lipinski definition) is 1. The molecule has 5 nitrogen and oxygen atoms in total. The molecule has 0 radical (unpaired) electrons. The van der Waals surface area contributed by atoms with Gasteiger partial charge in [-0.1, -0.05) is 35.9 Å². The Kier molecular flexibility index (Phi) is 9.73. The molecule has 0 aromatic heterocycles. The number of ether oxygens (including phenoxy) is 4. The first kappa shape index (κ1) is 25.2. The second-order valence-electron chi connectivity index (χ2n) is 7.33. The summed E-state index contributed by atoms with van der Waals surface area (Å²) in [6, 6.07) is 17.7. The zero-order valence-electron chi connectivity index (χ0n) is 19.1. The molecule has 0 unspecified atom stereocenters. The SMILES string of the molecule is CCOc1cc(CNCCc2ccc(OC)c(OC)c2)cc(Br)c1OCc1ccccc1Cl. The Bertz CT molecular complexity index is 1060. The van der Waals surface area contributed by atoms with Gasteiger partial charge in [0.25, 0.3) is 0 Å². The molecule has 176 valence electrons. The van der Waals surface area contributed by atoms with E-state index in [-0.39, 0.29) is 0 Å². The van der Waals surface area contributed by atoms with Crippen LogP contribution >= 0.6 is 27.5 Å². The van der Waals surface area contributed by atoms with E-state index in [2.05, 4.69) is 27.3 Å². The topological polar surface area (TPSA) is 49.0 Å². The molecule has 33 heavy (non-hydrogen) atoms. The highest BCUT2D eigenvalue weighted by atomic mass is 79.9. The van der Waals surface area contributed by atoms with Gasteiger partial charge in [0.2, 0.25) is 0 Å². The summed E-state index contributed by atoms with van der Waals surface area (Å²) in [5.74, 6) is 2.86. The molecule has 0 aliphatic rings. The summed E-state index contributed by atoms with van der Waals surface area (Å²) in [7, 11) is 3.29. The fourth-order valence-corrected chi connectivity index (χ4v) is 4.19. The van der Waals surface area contributed by atoms with E-state index in [0.717, 1.165) is 40.1 Å². The Balaban J connectivity index is 1.61. The molecule has 3 aromatic carbocycles. The maximum Gasteiger partial charge on any atom is 0.175 e. The van der Waals surface area contributed by atoms with Crippen molar-refractivity contribution in [2.24, 2.45) is 0 Å².